The lowest BCUT2D eigenvalue weighted by Crippen LogP contribution is -2.35. The van der Waals surface area contributed by atoms with Crippen molar-refractivity contribution in [1.82, 2.24) is 5.32 Å². The fourth-order valence-electron chi connectivity index (χ4n) is 1.14. The van der Waals surface area contributed by atoms with Gasteiger partial charge in [-0.2, -0.15) is 0 Å². The molecule has 0 saturated carbocycles. The first-order valence-corrected chi connectivity index (χ1v) is 5.29. The number of hydrogen-bond donors (Lipinski definition) is 2. The van der Waals surface area contributed by atoms with Crippen LogP contribution in [0.5, 0.6) is 0 Å². The maximum Gasteiger partial charge on any atom is 0.313 e. The van der Waals surface area contributed by atoms with Gasteiger partial charge in [0.05, 0.1) is 0 Å². The molecule has 1 rings (SSSR count). The molecule has 0 aliphatic carbocycles. The molecule has 0 spiro atoms. The molecule has 0 fully saturated rings. The van der Waals surface area contributed by atoms with E-state index in [1.54, 1.807) is 12.1 Å². The van der Waals surface area contributed by atoms with Crippen molar-refractivity contribution in [2.75, 3.05) is 11.9 Å². The van der Waals surface area contributed by atoms with Gasteiger partial charge in [-0.15, -0.1) is 0 Å². The van der Waals surface area contributed by atoms with Crippen molar-refractivity contribution in [3.8, 4) is 0 Å². The molecule has 0 heterocycles. The molecule has 16 heavy (non-hydrogen) atoms. The molecule has 2 amide bonds. The van der Waals surface area contributed by atoms with Gasteiger partial charge in [0.2, 0.25) is 0 Å². The number of hydrogen-bond acceptors (Lipinski definition) is 2. The molecule has 4 heteroatoms. The Balaban J connectivity index is 2.51. The summed E-state index contributed by atoms with van der Waals surface area (Å²) in [7, 11) is 0. The van der Waals surface area contributed by atoms with E-state index < -0.39 is 11.8 Å². The number of nitrogens with one attached hydrogen (secondary N) is 2. The first-order valence-electron chi connectivity index (χ1n) is 5.29. The van der Waals surface area contributed by atoms with Crippen molar-refractivity contribution in [1.29, 1.82) is 0 Å². The molecule has 2 N–H and O–H groups in total. The molecule has 0 radical (unpaired) electrons. The number of amides is 2. The van der Waals surface area contributed by atoms with Gasteiger partial charge in [0.1, 0.15) is 0 Å². The quantitative estimate of drug-likeness (QED) is 0.758. The third-order valence-electron chi connectivity index (χ3n) is 2.05. The van der Waals surface area contributed by atoms with Crippen LogP contribution in [0.3, 0.4) is 0 Å². The molecule has 1 aromatic carbocycles. The number of carbonyl (C=O) groups is 2. The zero-order chi connectivity index (χ0) is 12.0. The van der Waals surface area contributed by atoms with Crippen molar-refractivity contribution < 1.29 is 9.59 Å². The summed E-state index contributed by atoms with van der Waals surface area (Å²) in [6.45, 7) is 4.40. The van der Waals surface area contributed by atoms with Gasteiger partial charge in [0.25, 0.3) is 0 Å². The van der Waals surface area contributed by atoms with Gasteiger partial charge < -0.3 is 10.6 Å². The third-order valence-corrected chi connectivity index (χ3v) is 2.05. The second-order valence-electron chi connectivity index (χ2n) is 3.58. The van der Waals surface area contributed by atoms with Crippen LogP contribution in [0.25, 0.3) is 0 Å². The van der Waals surface area contributed by atoms with Crippen molar-refractivity contribution in [2.45, 2.75) is 20.3 Å². The minimum atomic E-state index is -0.627. The highest BCUT2D eigenvalue weighted by atomic mass is 16.2. The molecule has 4 nitrogen and oxygen atoms in total. The van der Waals surface area contributed by atoms with Crippen LogP contribution in [0.1, 0.15) is 18.9 Å². The van der Waals surface area contributed by atoms with Crippen molar-refractivity contribution >= 4 is 17.5 Å². The van der Waals surface area contributed by atoms with Gasteiger partial charge in [0.15, 0.2) is 0 Å². The van der Waals surface area contributed by atoms with E-state index in [1.165, 1.54) is 0 Å². The van der Waals surface area contributed by atoms with Crippen LogP contribution in [-0.4, -0.2) is 18.4 Å². The Kier molecular flexibility index (Phi) is 4.51. The lowest BCUT2D eigenvalue weighted by atomic mass is 10.2. The Morgan fingerprint density at radius 3 is 2.31 bits per heavy atom. The minimum absolute atomic E-state index is 0.514. The van der Waals surface area contributed by atoms with Crippen molar-refractivity contribution in [3.63, 3.8) is 0 Å². The molecule has 0 aliphatic heterocycles. The largest absolute Gasteiger partial charge is 0.348 e. The molecular weight excluding hydrogens is 204 g/mol. The fraction of sp³-hybridized carbons (Fsp3) is 0.333. The van der Waals surface area contributed by atoms with Crippen LogP contribution in [-0.2, 0) is 9.59 Å². The summed E-state index contributed by atoms with van der Waals surface area (Å²) in [6, 6.07) is 7.28. The summed E-state index contributed by atoms with van der Waals surface area (Å²) >= 11 is 0. The Hall–Kier alpha value is -1.84. The second kappa shape index (κ2) is 5.90. The molecule has 0 unspecified atom stereocenters. The smallest absolute Gasteiger partial charge is 0.313 e. The van der Waals surface area contributed by atoms with E-state index in [9.17, 15) is 9.59 Å². The Bertz CT molecular complexity index is 371. The van der Waals surface area contributed by atoms with Gasteiger partial charge in [-0.05, 0) is 25.5 Å². The molecule has 86 valence electrons. The zero-order valence-electron chi connectivity index (χ0n) is 9.54. The molecule has 0 saturated heterocycles. The monoisotopic (exact) mass is 220 g/mol. The SMILES string of the molecule is CCCNC(=O)C(=O)Nc1ccc(C)cc1. The molecule has 0 aromatic heterocycles. The number of anilines is 1. The average Bonchev–Trinajstić information content (AvgIpc) is 2.29. The first kappa shape index (κ1) is 12.2. The molecule has 0 atom stereocenters. The number of carbonyl (C=O) groups excluding carboxylic acids is 2. The Morgan fingerprint density at radius 1 is 1.12 bits per heavy atom. The van der Waals surface area contributed by atoms with Gasteiger partial charge in [-0.3, -0.25) is 9.59 Å². The van der Waals surface area contributed by atoms with E-state index in [0.717, 1.165) is 12.0 Å². The van der Waals surface area contributed by atoms with Crippen molar-refractivity contribution in [2.24, 2.45) is 0 Å². The van der Waals surface area contributed by atoms with E-state index in [1.807, 2.05) is 26.0 Å². The lowest BCUT2D eigenvalue weighted by Gasteiger charge is -2.05. The van der Waals surface area contributed by atoms with Crippen LogP contribution >= 0.6 is 0 Å². The minimum Gasteiger partial charge on any atom is -0.348 e. The Morgan fingerprint density at radius 2 is 1.75 bits per heavy atom. The normalized spacial score (nSPS) is 9.62. The van der Waals surface area contributed by atoms with Crippen LogP contribution < -0.4 is 10.6 Å². The summed E-state index contributed by atoms with van der Waals surface area (Å²) in [6.07, 6.45) is 0.809. The lowest BCUT2D eigenvalue weighted by molar-refractivity contribution is -0.136. The number of rotatable bonds is 3. The summed E-state index contributed by atoms with van der Waals surface area (Å²) in [5.41, 5.74) is 1.73. The van der Waals surface area contributed by atoms with E-state index in [2.05, 4.69) is 10.6 Å². The van der Waals surface area contributed by atoms with Crippen LogP contribution in [0.15, 0.2) is 24.3 Å². The van der Waals surface area contributed by atoms with Gasteiger partial charge in [-0.1, -0.05) is 24.6 Å². The maximum absolute atomic E-state index is 11.4. The summed E-state index contributed by atoms with van der Waals surface area (Å²) < 4.78 is 0. The standard InChI is InChI=1S/C12H16N2O2/c1-3-8-13-11(15)12(16)14-10-6-4-9(2)5-7-10/h4-7H,3,8H2,1-2H3,(H,13,15)(H,14,16). The predicted octanol–water partition coefficient (Wildman–Crippen LogP) is 1.46. The van der Waals surface area contributed by atoms with Crippen LogP contribution in [0, 0.1) is 6.92 Å². The summed E-state index contributed by atoms with van der Waals surface area (Å²) in [5.74, 6) is -1.22. The first-order chi connectivity index (χ1) is 7.63. The highest BCUT2D eigenvalue weighted by Crippen LogP contribution is 2.07. The van der Waals surface area contributed by atoms with Crippen LogP contribution in [0.4, 0.5) is 5.69 Å². The van der Waals surface area contributed by atoms with E-state index in [4.69, 9.17) is 0 Å². The summed E-state index contributed by atoms with van der Waals surface area (Å²) in [4.78, 5) is 22.6. The summed E-state index contributed by atoms with van der Waals surface area (Å²) in [5, 5.41) is 5.04. The maximum atomic E-state index is 11.4. The third kappa shape index (κ3) is 3.73. The van der Waals surface area contributed by atoms with Crippen molar-refractivity contribution in [3.05, 3.63) is 29.8 Å². The van der Waals surface area contributed by atoms with Gasteiger partial charge in [0, 0.05) is 12.2 Å². The van der Waals surface area contributed by atoms with Gasteiger partial charge >= 0.3 is 11.8 Å². The topological polar surface area (TPSA) is 58.2 Å². The molecule has 1 aromatic rings. The van der Waals surface area contributed by atoms with Gasteiger partial charge in [-0.25, -0.2) is 0 Å². The van der Waals surface area contributed by atoms with E-state index in [-0.39, 0.29) is 0 Å². The second-order valence-corrected chi connectivity index (χ2v) is 3.58. The average molecular weight is 220 g/mol. The zero-order valence-corrected chi connectivity index (χ0v) is 9.54. The van der Waals surface area contributed by atoms with E-state index >= 15 is 0 Å². The van der Waals surface area contributed by atoms with Crippen LogP contribution in [0.2, 0.25) is 0 Å². The highest BCUT2D eigenvalue weighted by molar-refractivity contribution is 6.39. The molecule has 0 bridgehead atoms. The number of aryl methyl sites for hydroxylation is 1. The highest BCUT2D eigenvalue weighted by Gasteiger charge is 2.11. The molecule has 0 aliphatic rings. The predicted molar refractivity (Wildman–Crippen MR) is 63.1 cm³/mol. The fourth-order valence-corrected chi connectivity index (χ4v) is 1.14. The molecular formula is C12H16N2O2. The number of benzene rings is 1. The van der Waals surface area contributed by atoms with E-state index in [0.29, 0.717) is 12.2 Å². The Labute approximate surface area is 95.0 Å².